The maximum atomic E-state index is 3.43. The summed E-state index contributed by atoms with van der Waals surface area (Å²) in [6.45, 7) is 13.3. The van der Waals surface area contributed by atoms with Crippen LogP contribution in [-0.2, 0) is 5.41 Å². The molecule has 1 N–H and O–H groups in total. The fourth-order valence-electron chi connectivity index (χ4n) is 1.80. The third kappa shape index (κ3) is 4.72. The van der Waals surface area contributed by atoms with E-state index in [1.54, 1.807) is 0 Å². The van der Waals surface area contributed by atoms with Gasteiger partial charge in [-0.1, -0.05) is 46.8 Å². The second-order valence-corrected chi connectivity index (χ2v) is 7.01. The summed E-state index contributed by atoms with van der Waals surface area (Å²) < 4.78 is 0. The van der Waals surface area contributed by atoms with E-state index in [2.05, 4.69) is 64.2 Å². The van der Waals surface area contributed by atoms with Gasteiger partial charge in [0.1, 0.15) is 0 Å². The summed E-state index contributed by atoms with van der Waals surface area (Å²) in [6.07, 6.45) is 0. The summed E-state index contributed by atoms with van der Waals surface area (Å²) in [6, 6.07) is 9.02. The van der Waals surface area contributed by atoms with Gasteiger partial charge in [-0.05, 0) is 24.2 Å². The molecule has 0 radical (unpaired) electrons. The van der Waals surface area contributed by atoms with Crippen LogP contribution in [0.4, 0.5) is 0 Å². The smallest absolute Gasteiger partial charge is 0.00747 e. The average molecular weight is 251 g/mol. The molecule has 0 unspecified atom stereocenters. The molecule has 17 heavy (non-hydrogen) atoms. The van der Waals surface area contributed by atoms with Crippen molar-refractivity contribution in [3.05, 3.63) is 29.8 Å². The second kappa shape index (κ2) is 6.46. The maximum absolute atomic E-state index is 3.43. The zero-order chi connectivity index (χ0) is 12.9. The molecule has 1 aromatic carbocycles. The summed E-state index contributed by atoms with van der Waals surface area (Å²) in [7, 11) is 0. The molecule has 2 heteroatoms. The Balaban J connectivity index is 2.72. The van der Waals surface area contributed by atoms with Gasteiger partial charge in [-0.2, -0.15) is 0 Å². The Kier molecular flexibility index (Phi) is 5.54. The molecular weight excluding hydrogens is 226 g/mol. The van der Waals surface area contributed by atoms with E-state index in [1.807, 2.05) is 11.8 Å². The zero-order valence-corrected chi connectivity index (χ0v) is 12.5. The second-order valence-electron chi connectivity index (χ2n) is 5.36. The van der Waals surface area contributed by atoms with Gasteiger partial charge in [0, 0.05) is 22.1 Å². The normalized spacial score (nSPS) is 12.1. The molecule has 0 saturated heterocycles. The van der Waals surface area contributed by atoms with E-state index in [4.69, 9.17) is 0 Å². The molecule has 1 nitrogen and oxygen atoms in total. The first-order chi connectivity index (χ1) is 7.95. The van der Waals surface area contributed by atoms with Crippen LogP contribution in [0.1, 0.15) is 40.2 Å². The van der Waals surface area contributed by atoms with Crippen LogP contribution in [-0.4, -0.2) is 18.3 Å². The average Bonchev–Trinajstić information content (AvgIpc) is 2.26. The number of hydrogen-bond acceptors (Lipinski definition) is 2. The Morgan fingerprint density at radius 3 is 2.24 bits per heavy atom. The third-order valence-electron chi connectivity index (χ3n) is 2.82. The SMILES string of the molecule is CCNCC(C)(C)c1ccc(SC(C)C)cc1. The lowest BCUT2D eigenvalue weighted by molar-refractivity contribution is 0.477. The number of benzene rings is 1. The van der Waals surface area contributed by atoms with Crippen molar-refractivity contribution >= 4 is 11.8 Å². The molecule has 0 aliphatic rings. The van der Waals surface area contributed by atoms with E-state index in [-0.39, 0.29) is 5.41 Å². The molecule has 0 fully saturated rings. The van der Waals surface area contributed by atoms with Crippen LogP contribution in [0.3, 0.4) is 0 Å². The first-order valence-corrected chi connectivity index (χ1v) is 7.31. The lowest BCUT2D eigenvalue weighted by Gasteiger charge is -2.25. The molecule has 96 valence electrons. The Bertz CT molecular complexity index is 327. The van der Waals surface area contributed by atoms with Crippen LogP contribution in [0.15, 0.2) is 29.2 Å². The topological polar surface area (TPSA) is 12.0 Å². The Labute approximate surface area is 110 Å². The molecule has 0 aliphatic heterocycles. The highest BCUT2D eigenvalue weighted by atomic mass is 32.2. The number of nitrogens with one attached hydrogen (secondary N) is 1. The quantitative estimate of drug-likeness (QED) is 0.765. The van der Waals surface area contributed by atoms with Crippen molar-refractivity contribution in [3.8, 4) is 0 Å². The van der Waals surface area contributed by atoms with Crippen molar-refractivity contribution in [3.63, 3.8) is 0 Å². The largest absolute Gasteiger partial charge is 0.316 e. The van der Waals surface area contributed by atoms with Crippen molar-refractivity contribution < 1.29 is 0 Å². The summed E-state index contributed by atoms with van der Waals surface area (Å²) in [4.78, 5) is 1.36. The monoisotopic (exact) mass is 251 g/mol. The van der Waals surface area contributed by atoms with Crippen molar-refractivity contribution in [1.82, 2.24) is 5.32 Å². The molecule has 0 spiro atoms. The van der Waals surface area contributed by atoms with Crippen LogP contribution < -0.4 is 5.32 Å². The van der Waals surface area contributed by atoms with Gasteiger partial charge >= 0.3 is 0 Å². The number of hydrogen-bond donors (Lipinski definition) is 1. The predicted octanol–water partition coefficient (Wildman–Crippen LogP) is 4.07. The van der Waals surface area contributed by atoms with Gasteiger partial charge in [0.2, 0.25) is 0 Å². The molecule has 0 atom stereocenters. The highest BCUT2D eigenvalue weighted by Crippen LogP contribution is 2.27. The van der Waals surface area contributed by atoms with Crippen molar-refractivity contribution in [1.29, 1.82) is 0 Å². The van der Waals surface area contributed by atoms with Crippen LogP contribution >= 0.6 is 11.8 Å². The van der Waals surface area contributed by atoms with Crippen LogP contribution in [0.25, 0.3) is 0 Å². The molecule has 0 amide bonds. The molecule has 0 saturated carbocycles. The Hall–Kier alpha value is -0.470. The summed E-state index contributed by atoms with van der Waals surface area (Å²) in [5, 5.41) is 4.08. The standard InChI is InChI=1S/C15H25NS/c1-6-16-11-15(4,5)13-7-9-14(10-8-13)17-12(2)3/h7-10,12,16H,6,11H2,1-5H3. The molecule has 1 rings (SSSR count). The lowest BCUT2D eigenvalue weighted by atomic mass is 9.84. The highest BCUT2D eigenvalue weighted by molar-refractivity contribution is 7.99. The summed E-state index contributed by atoms with van der Waals surface area (Å²) in [5.74, 6) is 0. The van der Waals surface area contributed by atoms with Gasteiger partial charge in [-0.15, -0.1) is 11.8 Å². The van der Waals surface area contributed by atoms with Gasteiger partial charge in [0.15, 0.2) is 0 Å². The minimum atomic E-state index is 0.205. The fourth-order valence-corrected chi connectivity index (χ4v) is 2.63. The van der Waals surface area contributed by atoms with E-state index >= 15 is 0 Å². The van der Waals surface area contributed by atoms with E-state index in [1.165, 1.54) is 10.5 Å². The summed E-state index contributed by atoms with van der Waals surface area (Å²) >= 11 is 1.92. The Morgan fingerprint density at radius 1 is 1.18 bits per heavy atom. The van der Waals surface area contributed by atoms with Crippen LogP contribution in [0, 0.1) is 0 Å². The van der Waals surface area contributed by atoms with E-state index in [9.17, 15) is 0 Å². The van der Waals surface area contributed by atoms with E-state index in [0.29, 0.717) is 5.25 Å². The molecule has 0 aliphatic carbocycles. The molecule has 0 bridgehead atoms. The van der Waals surface area contributed by atoms with Crippen LogP contribution in [0.5, 0.6) is 0 Å². The maximum Gasteiger partial charge on any atom is 0.00747 e. The van der Waals surface area contributed by atoms with Gasteiger partial charge in [0.05, 0.1) is 0 Å². The molecule has 0 heterocycles. The highest BCUT2D eigenvalue weighted by Gasteiger charge is 2.19. The first-order valence-electron chi connectivity index (χ1n) is 6.43. The fraction of sp³-hybridized carbons (Fsp3) is 0.600. The number of likely N-dealkylation sites (N-methyl/N-ethyl adjacent to an activating group) is 1. The van der Waals surface area contributed by atoms with Crippen LogP contribution in [0.2, 0.25) is 0 Å². The zero-order valence-electron chi connectivity index (χ0n) is 11.7. The van der Waals surface area contributed by atoms with E-state index < -0.39 is 0 Å². The van der Waals surface area contributed by atoms with Crippen molar-refractivity contribution in [2.45, 2.75) is 50.2 Å². The first kappa shape index (κ1) is 14.6. The van der Waals surface area contributed by atoms with Gasteiger partial charge in [-0.3, -0.25) is 0 Å². The molecular formula is C15H25NS. The van der Waals surface area contributed by atoms with Gasteiger partial charge in [0.25, 0.3) is 0 Å². The lowest BCUT2D eigenvalue weighted by Crippen LogP contribution is -2.32. The number of rotatable bonds is 6. The van der Waals surface area contributed by atoms with Crippen molar-refractivity contribution in [2.24, 2.45) is 0 Å². The number of thioether (sulfide) groups is 1. The van der Waals surface area contributed by atoms with Crippen molar-refractivity contribution in [2.75, 3.05) is 13.1 Å². The van der Waals surface area contributed by atoms with Gasteiger partial charge in [-0.25, -0.2) is 0 Å². The summed E-state index contributed by atoms with van der Waals surface area (Å²) in [5.41, 5.74) is 1.61. The molecule has 0 aromatic heterocycles. The third-order valence-corrected chi connectivity index (χ3v) is 3.84. The minimum Gasteiger partial charge on any atom is -0.316 e. The minimum absolute atomic E-state index is 0.205. The Morgan fingerprint density at radius 2 is 1.76 bits per heavy atom. The van der Waals surface area contributed by atoms with Gasteiger partial charge < -0.3 is 5.32 Å². The molecule has 1 aromatic rings. The predicted molar refractivity (Wildman–Crippen MR) is 79.0 cm³/mol. The van der Waals surface area contributed by atoms with E-state index in [0.717, 1.165) is 13.1 Å².